The van der Waals surface area contributed by atoms with Crippen LogP contribution >= 0.6 is 0 Å². The van der Waals surface area contributed by atoms with Gasteiger partial charge in [-0.3, -0.25) is 9.59 Å². The number of hydrogen-bond acceptors (Lipinski definition) is 4. The molecule has 3 rings (SSSR count). The van der Waals surface area contributed by atoms with Gasteiger partial charge in [0.2, 0.25) is 11.8 Å². The predicted octanol–water partition coefficient (Wildman–Crippen LogP) is 0.289. The number of imide groups is 1. The number of carbonyl (C=O) groups excluding carboxylic acids is 2. The van der Waals surface area contributed by atoms with Crippen LogP contribution in [0.1, 0.15) is 16.9 Å². The summed E-state index contributed by atoms with van der Waals surface area (Å²) in [5.41, 5.74) is -0.177. The number of fused-ring (bicyclic) bond motifs is 1. The minimum Gasteiger partial charge on any atom is -0.477 e. The number of hydrogen-bond donors (Lipinski definition) is 1. The number of pyridine rings is 1. The first-order valence-electron chi connectivity index (χ1n) is 5.18. The van der Waals surface area contributed by atoms with Gasteiger partial charge in [-0.2, -0.15) is 0 Å². The van der Waals surface area contributed by atoms with Gasteiger partial charge in [-0.1, -0.05) is 6.07 Å². The zero-order valence-electron chi connectivity index (χ0n) is 8.66. The smallest absolute Gasteiger partial charge is 0.354 e. The van der Waals surface area contributed by atoms with E-state index in [0.29, 0.717) is 6.42 Å². The summed E-state index contributed by atoms with van der Waals surface area (Å²) in [6, 6.07) is 4.25. The summed E-state index contributed by atoms with van der Waals surface area (Å²) < 4.78 is 0. The number of anilines is 1. The van der Waals surface area contributed by atoms with Crippen LogP contribution in [0.2, 0.25) is 0 Å². The Morgan fingerprint density at radius 2 is 1.94 bits per heavy atom. The van der Waals surface area contributed by atoms with Crippen LogP contribution in [0.4, 0.5) is 5.82 Å². The fraction of sp³-hybridized carbons (Fsp3) is 0.273. The maximum Gasteiger partial charge on any atom is 0.354 e. The molecule has 1 aromatic heterocycles. The monoisotopic (exact) mass is 232 g/mol. The zero-order valence-corrected chi connectivity index (χ0v) is 8.66. The molecule has 1 aromatic rings. The highest BCUT2D eigenvalue weighted by molar-refractivity contribution is 6.24. The quantitative estimate of drug-likeness (QED) is 0.740. The maximum absolute atomic E-state index is 11.8. The van der Waals surface area contributed by atoms with Gasteiger partial charge in [-0.05, 0) is 18.6 Å². The fourth-order valence-corrected chi connectivity index (χ4v) is 2.07. The summed E-state index contributed by atoms with van der Waals surface area (Å²) in [5, 5.41) is 8.79. The molecule has 2 aliphatic rings. The normalized spacial score (nSPS) is 26.0. The highest BCUT2D eigenvalue weighted by atomic mass is 16.4. The van der Waals surface area contributed by atoms with E-state index in [1.54, 1.807) is 0 Å². The van der Waals surface area contributed by atoms with Crippen molar-refractivity contribution >= 4 is 23.6 Å². The molecule has 2 fully saturated rings. The van der Waals surface area contributed by atoms with Gasteiger partial charge in [0.25, 0.3) is 0 Å². The second-order valence-corrected chi connectivity index (χ2v) is 4.15. The summed E-state index contributed by atoms with van der Waals surface area (Å²) in [4.78, 5) is 39.1. The molecule has 6 nitrogen and oxygen atoms in total. The zero-order chi connectivity index (χ0) is 12.2. The first kappa shape index (κ1) is 9.95. The van der Waals surface area contributed by atoms with Gasteiger partial charge in [0, 0.05) is 0 Å². The van der Waals surface area contributed by atoms with Crippen molar-refractivity contribution in [3.63, 3.8) is 0 Å². The number of carboxylic acids is 1. The Balaban J connectivity index is 1.99. The van der Waals surface area contributed by atoms with Crippen LogP contribution in [-0.2, 0) is 9.59 Å². The molecule has 0 aromatic carbocycles. The lowest BCUT2D eigenvalue weighted by molar-refractivity contribution is -0.123. The average molecular weight is 232 g/mol. The van der Waals surface area contributed by atoms with E-state index in [9.17, 15) is 14.4 Å². The molecule has 2 heterocycles. The van der Waals surface area contributed by atoms with Crippen LogP contribution in [0.15, 0.2) is 18.2 Å². The molecule has 2 unspecified atom stereocenters. The molecule has 0 radical (unpaired) electrons. The van der Waals surface area contributed by atoms with Crippen molar-refractivity contribution in [2.75, 3.05) is 4.90 Å². The molecule has 17 heavy (non-hydrogen) atoms. The highest BCUT2D eigenvalue weighted by Crippen LogP contribution is 2.47. The van der Waals surface area contributed by atoms with E-state index in [2.05, 4.69) is 4.98 Å². The van der Waals surface area contributed by atoms with E-state index in [-0.39, 0.29) is 35.2 Å². The van der Waals surface area contributed by atoms with Crippen molar-refractivity contribution < 1.29 is 19.5 Å². The fourth-order valence-electron chi connectivity index (χ4n) is 2.07. The van der Waals surface area contributed by atoms with E-state index in [4.69, 9.17) is 5.11 Å². The lowest BCUT2D eigenvalue weighted by Gasteiger charge is -2.15. The molecule has 0 spiro atoms. The topological polar surface area (TPSA) is 87.6 Å². The average Bonchev–Trinajstić information content (AvgIpc) is 3.04. The van der Waals surface area contributed by atoms with Crippen LogP contribution in [0, 0.1) is 11.8 Å². The first-order chi connectivity index (χ1) is 8.09. The molecular formula is C11H8N2O4. The van der Waals surface area contributed by atoms with Crippen LogP contribution in [0.5, 0.6) is 0 Å². The van der Waals surface area contributed by atoms with E-state index in [1.165, 1.54) is 18.2 Å². The van der Waals surface area contributed by atoms with Gasteiger partial charge in [0.15, 0.2) is 5.69 Å². The van der Waals surface area contributed by atoms with Gasteiger partial charge >= 0.3 is 5.97 Å². The van der Waals surface area contributed by atoms with Crippen LogP contribution in [-0.4, -0.2) is 27.9 Å². The maximum atomic E-state index is 11.8. The van der Waals surface area contributed by atoms with Gasteiger partial charge in [0.05, 0.1) is 11.8 Å². The minimum atomic E-state index is -1.18. The SMILES string of the molecule is O=C(O)c1cccc(N2C(=O)C3CC3C2=O)n1. The van der Waals surface area contributed by atoms with Crippen molar-refractivity contribution in [3.8, 4) is 0 Å². The summed E-state index contributed by atoms with van der Waals surface area (Å²) >= 11 is 0. The molecule has 1 N–H and O–H groups in total. The summed E-state index contributed by atoms with van der Waals surface area (Å²) in [5.74, 6) is -2.04. The lowest BCUT2D eigenvalue weighted by Crippen LogP contribution is -2.33. The molecule has 1 aliphatic heterocycles. The summed E-state index contributed by atoms with van der Waals surface area (Å²) in [6.45, 7) is 0. The molecule has 1 aliphatic carbocycles. The lowest BCUT2D eigenvalue weighted by atomic mass is 10.3. The molecule has 2 amide bonds. The number of aromatic nitrogens is 1. The predicted molar refractivity (Wildman–Crippen MR) is 55.3 cm³/mol. The Kier molecular flexibility index (Phi) is 1.83. The Morgan fingerprint density at radius 1 is 1.29 bits per heavy atom. The molecule has 86 valence electrons. The number of rotatable bonds is 2. The third-order valence-electron chi connectivity index (χ3n) is 3.05. The molecule has 1 saturated carbocycles. The number of piperidine rings is 1. The number of aromatic carboxylic acids is 1. The number of carbonyl (C=O) groups is 3. The third-order valence-corrected chi connectivity index (χ3v) is 3.05. The van der Waals surface area contributed by atoms with Gasteiger partial charge in [-0.15, -0.1) is 0 Å². The van der Waals surface area contributed by atoms with E-state index < -0.39 is 5.97 Å². The largest absolute Gasteiger partial charge is 0.477 e. The van der Waals surface area contributed by atoms with Crippen LogP contribution < -0.4 is 4.90 Å². The molecule has 2 atom stereocenters. The first-order valence-corrected chi connectivity index (χ1v) is 5.18. The summed E-state index contributed by atoms with van der Waals surface area (Å²) in [6.07, 6.45) is 0.618. The minimum absolute atomic E-state index is 0.104. The van der Waals surface area contributed by atoms with Crippen molar-refractivity contribution in [1.29, 1.82) is 0 Å². The van der Waals surface area contributed by atoms with E-state index in [0.717, 1.165) is 4.90 Å². The van der Waals surface area contributed by atoms with Crippen LogP contribution in [0.25, 0.3) is 0 Å². The number of amides is 2. The Hall–Kier alpha value is -2.24. The standard InChI is InChI=1S/C11H8N2O4/c14-9-5-4-6(5)10(15)13(9)8-3-1-2-7(12-8)11(16)17/h1-3,5-6H,4H2,(H,16,17). The molecule has 1 saturated heterocycles. The van der Waals surface area contributed by atoms with Gasteiger partial charge in [0.1, 0.15) is 5.82 Å². The number of nitrogens with zero attached hydrogens (tertiary/aromatic N) is 2. The number of carboxylic acid groups (broad SMARTS) is 1. The van der Waals surface area contributed by atoms with Crippen molar-refractivity contribution in [2.24, 2.45) is 11.8 Å². The van der Waals surface area contributed by atoms with Gasteiger partial charge < -0.3 is 5.11 Å². The second-order valence-electron chi connectivity index (χ2n) is 4.15. The Labute approximate surface area is 95.9 Å². The molecular weight excluding hydrogens is 224 g/mol. The van der Waals surface area contributed by atoms with Crippen molar-refractivity contribution in [2.45, 2.75) is 6.42 Å². The second kappa shape index (κ2) is 3.13. The third kappa shape index (κ3) is 1.33. The van der Waals surface area contributed by atoms with E-state index >= 15 is 0 Å². The highest BCUT2D eigenvalue weighted by Gasteiger charge is 2.59. The summed E-state index contributed by atoms with van der Waals surface area (Å²) in [7, 11) is 0. The van der Waals surface area contributed by atoms with Gasteiger partial charge in [-0.25, -0.2) is 14.7 Å². The Bertz CT molecular complexity index is 534. The molecule has 6 heteroatoms. The Morgan fingerprint density at radius 3 is 2.53 bits per heavy atom. The van der Waals surface area contributed by atoms with Crippen LogP contribution in [0.3, 0.4) is 0 Å². The molecule has 0 bridgehead atoms. The van der Waals surface area contributed by atoms with Crippen molar-refractivity contribution in [1.82, 2.24) is 4.98 Å². The van der Waals surface area contributed by atoms with Crippen molar-refractivity contribution in [3.05, 3.63) is 23.9 Å². The van der Waals surface area contributed by atoms with E-state index in [1.807, 2.05) is 0 Å².